The Morgan fingerprint density at radius 3 is 2.47 bits per heavy atom. The number of imidazole rings is 1. The van der Waals surface area contributed by atoms with Crippen LogP contribution >= 0.6 is 0 Å². The number of carbonyl (C=O) groups is 1. The third kappa shape index (κ3) is 3.87. The standard InChI is InChI=1S/C23H22F3N3O3/c24-23(25,26)22-27-16-5-1-2-6-17(16)29(22)13-15-9-11-28(12-10-15)21(30)20-14-31-18-7-3-4-8-19(18)32-20/h1-8,15,20H,9-14H2. The van der Waals surface area contributed by atoms with E-state index in [1.807, 2.05) is 12.1 Å². The molecule has 2 aliphatic heterocycles. The number of ether oxygens (including phenoxy) is 2. The van der Waals surface area contributed by atoms with Gasteiger partial charge in [0.25, 0.3) is 5.91 Å². The molecule has 1 amide bonds. The number of halogens is 3. The number of nitrogens with zero attached hydrogens (tertiary/aromatic N) is 3. The van der Waals surface area contributed by atoms with Gasteiger partial charge in [-0.25, -0.2) is 4.98 Å². The summed E-state index contributed by atoms with van der Waals surface area (Å²) in [4.78, 5) is 18.4. The first kappa shape index (κ1) is 20.7. The highest BCUT2D eigenvalue weighted by Gasteiger charge is 2.39. The predicted octanol–water partition coefficient (Wildman–Crippen LogP) is 4.13. The number of piperidine rings is 1. The van der Waals surface area contributed by atoms with E-state index in [0.717, 1.165) is 0 Å². The molecular weight excluding hydrogens is 423 g/mol. The van der Waals surface area contributed by atoms with Crippen molar-refractivity contribution in [3.63, 3.8) is 0 Å². The SMILES string of the molecule is O=C(C1COc2ccccc2O1)N1CCC(Cn2c(C(F)(F)F)nc3ccccc32)CC1. The molecule has 0 N–H and O–H groups in total. The number of rotatable bonds is 3. The van der Waals surface area contributed by atoms with E-state index in [2.05, 4.69) is 4.98 Å². The summed E-state index contributed by atoms with van der Waals surface area (Å²) in [7, 11) is 0. The number of alkyl halides is 3. The zero-order valence-electron chi connectivity index (χ0n) is 17.2. The summed E-state index contributed by atoms with van der Waals surface area (Å²) in [6.07, 6.45) is -4.01. The lowest BCUT2D eigenvalue weighted by atomic mass is 9.96. The molecule has 0 aliphatic carbocycles. The molecule has 32 heavy (non-hydrogen) atoms. The summed E-state index contributed by atoms with van der Waals surface area (Å²) in [5, 5.41) is 0. The lowest BCUT2D eigenvalue weighted by Gasteiger charge is -2.35. The van der Waals surface area contributed by atoms with Gasteiger partial charge in [0.05, 0.1) is 11.0 Å². The zero-order chi connectivity index (χ0) is 22.3. The fourth-order valence-corrected chi connectivity index (χ4v) is 4.42. The Kier molecular flexibility index (Phi) is 5.19. The number of hydrogen-bond donors (Lipinski definition) is 0. The minimum Gasteiger partial charge on any atom is -0.485 e. The third-order valence-corrected chi connectivity index (χ3v) is 6.06. The van der Waals surface area contributed by atoms with Gasteiger partial charge in [0.2, 0.25) is 11.9 Å². The lowest BCUT2D eigenvalue weighted by molar-refractivity contribution is -0.147. The van der Waals surface area contributed by atoms with Crippen LogP contribution < -0.4 is 9.47 Å². The first-order chi connectivity index (χ1) is 15.4. The molecule has 6 nitrogen and oxygen atoms in total. The van der Waals surface area contributed by atoms with Gasteiger partial charge in [-0.3, -0.25) is 4.79 Å². The van der Waals surface area contributed by atoms with Gasteiger partial charge in [-0.1, -0.05) is 24.3 Å². The second-order valence-corrected chi connectivity index (χ2v) is 8.17. The minimum atomic E-state index is -4.52. The molecular formula is C23H22F3N3O3. The van der Waals surface area contributed by atoms with Crippen LogP contribution in [0.25, 0.3) is 11.0 Å². The molecule has 168 valence electrons. The van der Waals surface area contributed by atoms with Gasteiger partial charge in [-0.05, 0) is 43.0 Å². The number of aromatic nitrogens is 2. The van der Waals surface area contributed by atoms with E-state index in [0.29, 0.717) is 48.5 Å². The number of carbonyl (C=O) groups excluding carboxylic acids is 1. The van der Waals surface area contributed by atoms with Crippen molar-refractivity contribution in [2.24, 2.45) is 5.92 Å². The highest BCUT2D eigenvalue weighted by Crippen LogP contribution is 2.34. The number of para-hydroxylation sites is 4. The summed E-state index contributed by atoms with van der Waals surface area (Å²) in [5.41, 5.74) is 0.812. The summed E-state index contributed by atoms with van der Waals surface area (Å²) < 4.78 is 53.4. The second-order valence-electron chi connectivity index (χ2n) is 8.17. The monoisotopic (exact) mass is 445 g/mol. The van der Waals surface area contributed by atoms with Crippen LogP contribution in [0.5, 0.6) is 11.5 Å². The van der Waals surface area contributed by atoms with Gasteiger partial charge in [-0.2, -0.15) is 13.2 Å². The van der Waals surface area contributed by atoms with E-state index in [1.54, 1.807) is 41.3 Å². The Labute approximate surface area is 182 Å². The van der Waals surface area contributed by atoms with Crippen molar-refractivity contribution in [2.45, 2.75) is 31.7 Å². The first-order valence-electron chi connectivity index (χ1n) is 10.6. The van der Waals surface area contributed by atoms with Gasteiger partial charge in [0.1, 0.15) is 6.61 Å². The largest absolute Gasteiger partial charge is 0.485 e. The van der Waals surface area contributed by atoms with Crippen molar-refractivity contribution < 1.29 is 27.4 Å². The Bertz CT molecular complexity index is 1140. The van der Waals surface area contributed by atoms with Crippen LogP contribution in [0.4, 0.5) is 13.2 Å². The van der Waals surface area contributed by atoms with Gasteiger partial charge in [0, 0.05) is 19.6 Å². The number of amides is 1. The van der Waals surface area contributed by atoms with Gasteiger partial charge >= 0.3 is 6.18 Å². The summed E-state index contributed by atoms with van der Waals surface area (Å²) in [6, 6.07) is 13.8. The number of benzene rings is 2. The molecule has 2 aromatic carbocycles. The highest BCUT2D eigenvalue weighted by molar-refractivity contribution is 5.82. The normalized spacial score (nSPS) is 19.3. The van der Waals surface area contributed by atoms with Crippen molar-refractivity contribution in [3.8, 4) is 11.5 Å². The molecule has 9 heteroatoms. The molecule has 0 radical (unpaired) electrons. The summed E-state index contributed by atoms with van der Waals surface area (Å²) in [5.74, 6) is 0.148. The molecule has 1 aromatic heterocycles. The maximum absolute atomic E-state index is 13.6. The van der Waals surface area contributed by atoms with Crippen LogP contribution in [0.1, 0.15) is 18.7 Å². The average Bonchev–Trinajstić information content (AvgIpc) is 3.18. The van der Waals surface area contributed by atoms with E-state index in [9.17, 15) is 18.0 Å². The minimum absolute atomic E-state index is 0.0157. The fourth-order valence-electron chi connectivity index (χ4n) is 4.42. The topological polar surface area (TPSA) is 56.6 Å². The number of hydrogen-bond acceptors (Lipinski definition) is 4. The Balaban J connectivity index is 1.25. The molecule has 0 bridgehead atoms. The van der Waals surface area contributed by atoms with E-state index >= 15 is 0 Å². The van der Waals surface area contributed by atoms with Crippen LogP contribution in [0.3, 0.4) is 0 Å². The molecule has 1 fully saturated rings. The smallest absolute Gasteiger partial charge is 0.449 e. The van der Waals surface area contributed by atoms with E-state index in [-0.39, 0.29) is 25.0 Å². The molecule has 2 aliphatic rings. The molecule has 3 aromatic rings. The van der Waals surface area contributed by atoms with Crippen molar-refractivity contribution in [1.29, 1.82) is 0 Å². The molecule has 3 heterocycles. The van der Waals surface area contributed by atoms with Crippen LogP contribution in [-0.2, 0) is 17.5 Å². The molecule has 0 spiro atoms. The average molecular weight is 445 g/mol. The van der Waals surface area contributed by atoms with Crippen molar-refractivity contribution in [2.75, 3.05) is 19.7 Å². The Morgan fingerprint density at radius 1 is 1.03 bits per heavy atom. The molecule has 1 saturated heterocycles. The van der Waals surface area contributed by atoms with Gasteiger partial charge in [-0.15, -0.1) is 0 Å². The number of fused-ring (bicyclic) bond motifs is 2. The van der Waals surface area contributed by atoms with Crippen LogP contribution in [0.2, 0.25) is 0 Å². The quantitative estimate of drug-likeness (QED) is 0.608. The van der Waals surface area contributed by atoms with E-state index in [1.165, 1.54) is 4.57 Å². The van der Waals surface area contributed by atoms with Crippen LogP contribution in [0.15, 0.2) is 48.5 Å². The Morgan fingerprint density at radius 2 is 1.72 bits per heavy atom. The molecule has 1 unspecified atom stereocenters. The van der Waals surface area contributed by atoms with Crippen LogP contribution in [0, 0.1) is 5.92 Å². The molecule has 0 saturated carbocycles. The maximum Gasteiger partial charge on any atom is 0.449 e. The zero-order valence-corrected chi connectivity index (χ0v) is 17.2. The van der Waals surface area contributed by atoms with Crippen molar-refractivity contribution in [1.82, 2.24) is 14.5 Å². The van der Waals surface area contributed by atoms with Gasteiger partial charge in [0.15, 0.2) is 11.5 Å². The molecule has 5 rings (SSSR count). The van der Waals surface area contributed by atoms with Crippen molar-refractivity contribution >= 4 is 16.9 Å². The summed E-state index contributed by atoms with van der Waals surface area (Å²) in [6.45, 7) is 1.30. The first-order valence-corrected chi connectivity index (χ1v) is 10.6. The highest BCUT2D eigenvalue weighted by atomic mass is 19.4. The molecule has 1 atom stereocenters. The summed E-state index contributed by atoms with van der Waals surface area (Å²) >= 11 is 0. The van der Waals surface area contributed by atoms with E-state index < -0.39 is 18.1 Å². The second kappa shape index (κ2) is 8.03. The third-order valence-electron chi connectivity index (χ3n) is 6.06. The van der Waals surface area contributed by atoms with E-state index in [4.69, 9.17) is 9.47 Å². The van der Waals surface area contributed by atoms with Crippen LogP contribution in [-0.4, -0.2) is 46.2 Å². The number of likely N-dealkylation sites (tertiary alicyclic amines) is 1. The van der Waals surface area contributed by atoms with Crippen molar-refractivity contribution in [3.05, 3.63) is 54.4 Å². The fraction of sp³-hybridized carbons (Fsp3) is 0.391. The Hall–Kier alpha value is -3.23. The lowest BCUT2D eigenvalue weighted by Crippen LogP contribution is -2.49. The maximum atomic E-state index is 13.6. The van der Waals surface area contributed by atoms with Gasteiger partial charge < -0.3 is 18.9 Å². The predicted molar refractivity (Wildman–Crippen MR) is 110 cm³/mol.